The van der Waals surface area contributed by atoms with Crippen LogP contribution in [0.2, 0.25) is 0 Å². The number of hydrogen-bond donors (Lipinski definition) is 0. The topological polar surface area (TPSA) is 43.6 Å². The number of thiazole rings is 1. The lowest BCUT2D eigenvalue weighted by molar-refractivity contribution is 0.111. The van der Waals surface area contributed by atoms with E-state index in [-0.39, 0.29) is 5.41 Å². The van der Waals surface area contributed by atoms with Crippen LogP contribution in [0.15, 0.2) is 24.3 Å². The number of hydrogen-bond acceptors (Lipinski definition) is 4. The monoisotopic (exact) mass is 370 g/mol. The fraction of sp³-hybridized carbons (Fsp3) is 0.429. The fourth-order valence-corrected chi connectivity index (χ4v) is 4.19. The van der Waals surface area contributed by atoms with Gasteiger partial charge in [-0.05, 0) is 42.7 Å². The zero-order valence-corrected chi connectivity index (χ0v) is 16.9. The zero-order valence-electron chi connectivity index (χ0n) is 16.1. The van der Waals surface area contributed by atoms with Crippen LogP contribution in [0.4, 0.5) is 0 Å². The van der Waals surface area contributed by atoms with Crippen LogP contribution >= 0.6 is 11.3 Å². The van der Waals surface area contributed by atoms with E-state index in [4.69, 9.17) is 9.72 Å². The van der Waals surface area contributed by atoms with Crippen LogP contribution in [0.1, 0.15) is 62.1 Å². The maximum Gasteiger partial charge on any atom is 0.195 e. The molecule has 0 aliphatic rings. The number of benzene rings is 1. The van der Waals surface area contributed by atoms with E-state index in [2.05, 4.69) is 46.8 Å². The van der Waals surface area contributed by atoms with Gasteiger partial charge in [0.15, 0.2) is 11.2 Å². The second-order valence-electron chi connectivity index (χ2n) is 7.43. The molecule has 0 atom stereocenters. The Balaban J connectivity index is 2.17. The van der Waals surface area contributed by atoms with Crippen molar-refractivity contribution in [1.29, 1.82) is 0 Å². The summed E-state index contributed by atoms with van der Waals surface area (Å²) in [4.78, 5) is 18.8. The van der Waals surface area contributed by atoms with Gasteiger partial charge in [-0.1, -0.05) is 34.6 Å². The van der Waals surface area contributed by atoms with Crippen LogP contribution in [0.5, 0.6) is 5.75 Å². The summed E-state index contributed by atoms with van der Waals surface area (Å²) in [6.07, 6.45) is 2.83. The molecule has 0 bridgehead atoms. The predicted molar refractivity (Wildman–Crippen MR) is 108 cm³/mol. The number of aldehydes is 1. The first-order valence-corrected chi connectivity index (χ1v) is 9.95. The smallest absolute Gasteiger partial charge is 0.195 e. The molecule has 1 aromatic carbocycles. The van der Waals surface area contributed by atoms with Crippen molar-refractivity contribution in [3.63, 3.8) is 0 Å². The van der Waals surface area contributed by atoms with E-state index in [9.17, 15) is 4.79 Å². The van der Waals surface area contributed by atoms with Gasteiger partial charge in [0.1, 0.15) is 11.4 Å². The van der Waals surface area contributed by atoms with Crippen LogP contribution in [0.25, 0.3) is 16.2 Å². The highest BCUT2D eigenvalue weighted by Crippen LogP contribution is 2.37. The maximum absolute atomic E-state index is 11.9. The number of aryl methyl sites for hydroxylation is 1. The number of ether oxygens (including phenoxy) is 1. The lowest BCUT2D eigenvalue weighted by atomic mass is 9.91. The van der Waals surface area contributed by atoms with Crippen molar-refractivity contribution in [3.8, 4) is 17.0 Å². The van der Waals surface area contributed by atoms with E-state index in [1.165, 1.54) is 4.88 Å². The average molecular weight is 371 g/mol. The van der Waals surface area contributed by atoms with Crippen molar-refractivity contribution < 1.29 is 9.53 Å². The minimum absolute atomic E-state index is 0.177. The summed E-state index contributed by atoms with van der Waals surface area (Å²) in [5, 5.41) is 0. The van der Waals surface area contributed by atoms with Crippen LogP contribution in [0.3, 0.4) is 0 Å². The summed E-state index contributed by atoms with van der Waals surface area (Å²) < 4.78 is 7.72. The number of rotatable bonds is 6. The van der Waals surface area contributed by atoms with Crippen molar-refractivity contribution in [2.24, 2.45) is 0 Å². The van der Waals surface area contributed by atoms with Gasteiger partial charge >= 0.3 is 0 Å². The minimum atomic E-state index is -0.177. The van der Waals surface area contributed by atoms with Gasteiger partial charge < -0.3 is 4.74 Å². The third-order valence-electron chi connectivity index (χ3n) is 4.33. The summed E-state index contributed by atoms with van der Waals surface area (Å²) in [6.45, 7) is 11.2. The molecule has 0 saturated carbocycles. The van der Waals surface area contributed by atoms with Gasteiger partial charge in [-0.25, -0.2) is 4.98 Å². The molecule has 0 spiro atoms. The van der Waals surface area contributed by atoms with Gasteiger partial charge in [0.25, 0.3) is 0 Å². The fourth-order valence-electron chi connectivity index (χ4n) is 3.10. The number of carbonyl (C=O) groups excluding carboxylic acids is 1. The van der Waals surface area contributed by atoms with Crippen LogP contribution < -0.4 is 4.74 Å². The molecule has 2 heterocycles. The molecule has 3 aromatic rings. The number of aromatic nitrogens is 2. The van der Waals surface area contributed by atoms with E-state index in [1.807, 2.05) is 16.5 Å². The Labute approximate surface area is 158 Å². The van der Waals surface area contributed by atoms with E-state index in [0.717, 1.165) is 46.8 Å². The predicted octanol–water partition coefficient (Wildman–Crippen LogP) is 5.52. The van der Waals surface area contributed by atoms with Gasteiger partial charge in [-0.2, -0.15) is 0 Å². The summed E-state index contributed by atoms with van der Waals surface area (Å²) in [5.41, 5.74) is 3.48. The minimum Gasteiger partial charge on any atom is -0.494 e. The Kier molecular flexibility index (Phi) is 5.19. The zero-order chi connectivity index (χ0) is 18.9. The first-order chi connectivity index (χ1) is 12.4. The normalized spacial score (nSPS) is 11.9. The number of nitrogens with zero attached hydrogens (tertiary/aromatic N) is 2. The summed E-state index contributed by atoms with van der Waals surface area (Å²) in [7, 11) is 0. The number of fused-ring (bicyclic) bond motifs is 1. The lowest BCUT2D eigenvalue weighted by Gasteiger charge is -2.16. The summed E-state index contributed by atoms with van der Waals surface area (Å²) in [5.74, 6) is 0.872. The first-order valence-electron chi connectivity index (χ1n) is 9.13. The molecule has 0 radical (unpaired) electrons. The van der Waals surface area contributed by atoms with Gasteiger partial charge in [-0.3, -0.25) is 9.20 Å². The van der Waals surface area contributed by atoms with E-state index in [1.54, 1.807) is 11.3 Å². The Bertz CT molecular complexity index is 914. The van der Waals surface area contributed by atoms with Crippen LogP contribution in [0, 0.1) is 0 Å². The quantitative estimate of drug-likeness (QED) is 0.536. The van der Waals surface area contributed by atoms with E-state index >= 15 is 0 Å². The molecular weight excluding hydrogens is 344 g/mol. The molecule has 0 fully saturated rings. The molecule has 26 heavy (non-hydrogen) atoms. The average Bonchev–Trinajstić information content (AvgIpc) is 3.15. The van der Waals surface area contributed by atoms with Crippen LogP contribution in [-0.2, 0) is 11.8 Å². The van der Waals surface area contributed by atoms with Crippen molar-refractivity contribution in [3.05, 3.63) is 40.5 Å². The largest absolute Gasteiger partial charge is 0.494 e. The molecule has 5 heteroatoms. The Hall–Kier alpha value is -2.14. The molecule has 0 N–H and O–H groups in total. The molecule has 0 aliphatic carbocycles. The Morgan fingerprint density at radius 3 is 2.42 bits per heavy atom. The second-order valence-corrected chi connectivity index (χ2v) is 8.49. The third-order valence-corrected chi connectivity index (χ3v) is 5.51. The molecule has 0 unspecified atom stereocenters. The lowest BCUT2D eigenvalue weighted by Crippen LogP contribution is -2.15. The summed E-state index contributed by atoms with van der Waals surface area (Å²) >= 11 is 1.67. The molecule has 138 valence electrons. The highest BCUT2D eigenvalue weighted by Gasteiger charge is 2.27. The van der Waals surface area contributed by atoms with Crippen LogP contribution in [-0.4, -0.2) is 22.3 Å². The van der Waals surface area contributed by atoms with Crippen molar-refractivity contribution in [2.45, 2.75) is 52.9 Å². The molecule has 0 amide bonds. The first kappa shape index (κ1) is 18.6. The third kappa shape index (κ3) is 3.28. The standard InChI is InChI=1S/C21H26N2O2S/c1-6-12-25-15-10-8-14(9-11-15)18-17(7-2)26-20-22-19(21(3,4)5)16(13-24)23(18)20/h8-11,13H,6-7,12H2,1-5H3. The molecule has 0 saturated heterocycles. The highest BCUT2D eigenvalue weighted by atomic mass is 32.1. The van der Waals surface area contributed by atoms with Crippen molar-refractivity contribution in [2.75, 3.05) is 6.61 Å². The van der Waals surface area contributed by atoms with E-state index in [0.29, 0.717) is 12.3 Å². The van der Waals surface area contributed by atoms with E-state index < -0.39 is 0 Å². The van der Waals surface area contributed by atoms with Gasteiger partial charge in [0.05, 0.1) is 18.0 Å². The van der Waals surface area contributed by atoms with Gasteiger partial charge in [0.2, 0.25) is 0 Å². The molecule has 2 aromatic heterocycles. The molecular formula is C21H26N2O2S. The van der Waals surface area contributed by atoms with Gasteiger partial charge in [0, 0.05) is 10.3 Å². The molecule has 4 nitrogen and oxygen atoms in total. The van der Waals surface area contributed by atoms with Crippen molar-refractivity contribution >= 4 is 22.6 Å². The summed E-state index contributed by atoms with van der Waals surface area (Å²) in [6, 6.07) is 8.13. The molecule has 3 rings (SSSR count). The Morgan fingerprint density at radius 2 is 1.88 bits per heavy atom. The second kappa shape index (κ2) is 7.23. The van der Waals surface area contributed by atoms with Crippen molar-refractivity contribution in [1.82, 2.24) is 9.38 Å². The van der Waals surface area contributed by atoms with Gasteiger partial charge in [-0.15, -0.1) is 11.3 Å². The number of carbonyl (C=O) groups is 1. The SMILES string of the molecule is CCCOc1ccc(-c2c(CC)sc3nc(C(C)(C)C)c(C=O)n23)cc1. The maximum atomic E-state index is 11.9. The highest BCUT2D eigenvalue weighted by molar-refractivity contribution is 7.17. The number of imidazole rings is 1. The molecule has 0 aliphatic heterocycles. The Morgan fingerprint density at radius 1 is 1.19 bits per heavy atom.